The second-order valence-electron chi connectivity index (χ2n) is 2.72. The summed E-state index contributed by atoms with van der Waals surface area (Å²) in [5.41, 5.74) is -0.165. The van der Waals surface area contributed by atoms with Crippen molar-refractivity contribution in [3.05, 3.63) is 35.9 Å². The van der Waals surface area contributed by atoms with E-state index in [0.717, 1.165) is 0 Å². The monoisotopic (exact) mass is 201 g/mol. The van der Waals surface area contributed by atoms with E-state index in [0.29, 0.717) is 0 Å². The van der Waals surface area contributed by atoms with E-state index in [1.807, 2.05) is 0 Å². The molecule has 76 valence electrons. The first-order chi connectivity index (χ1) is 6.46. The fourth-order valence-corrected chi connectivity index (χ4v) is 0.956. The molecule has 1 atom stereocenters. The van der Waals surface area contributed by atoms with Gasteiger partial charge in [-0.2, -0.15) is 8.78 Å². The average molecular weight is 201 g/mol. The number of halogens is 2. The van der Waals surface area contributed by atoms with Crippen molar-refractivity contribution < 1.29 is 23.8 Å². The van der Waals surface area contributed by atoms with Crippen molar-refractivity contribution >= 4 is 5.97 Å². The molecular weight excluding hydrogens is 194 g/mol. The van der Waals surface area contributed by atoms with Crippen LogP contribution < -0.4 is 5.11 Å². The van der Waals surface area contributed by atoms with Crippen LogP contribution in [0, 0.1) is 0 Å². The van der Waals surface area contributed by atoms with Crippen molar-refractivity contribution in [2.45, 2.75) is 12.0 Å². The van der Waals surface area contributed by atoms with Crippen LogP contribution in [0.25, 0.3) is 0 Å². The number of carboxylic acids is 1. The lowest BCUT2D eigenvalue weighted by molar-refractivity contribution is -0.336. The number of carboxylic acid groups (broad SMARTS) is 1. The van der Waals surface area contributed by atoms with E-state index in [2.05, 4.69) is 0 Å². The summed E-state index contributed by atoms with van der Waals surface area (Å²) < 4.78 is 25.4. The quantitative estimate of drug-likeness (QED) is 0.754. The van der Waals surface area contributed by atoms with Crippen molar-refractivity contribution in [3.63, 3.8) is 0 Å². The summed E-state index contributed by atoms with van der Waals surface area (Å²) in [5.74, 6) is -6.87. The number of carbonyl (C=O) groups is 1. The molecule has 0 aliphatic carbocycles. The van der Waals surface area contributed by atoms with Gasteiger partial charge in [0.15, 0.2) is 0 Å². The van der Waals surface area contributed by atoms with Gasteiger partial charge in [-0.15, -0.1) is 0 Å². The lowest BCUT2D eigenvalue weighted by Gasteiger charge is -2.23. The Hall–Kier alpha value is -1.49. The first-order valence-electron chi connectivity index (χ1n) is 3.78. The normalized spacial score (nSPS) is 13.6. The molecule has 0 spiro atoms. The first-order valence-corrected chi connectivity index (χ1v) is 3.78. The van der Waals surface area contributed by atoms with Gasteiger partial charge in [-0.05, 0) is 5.56 Å². The number of aliphatic carboxylic acids is 1. The number of benzene rings is 1. The van der Waals surface area contributed by atoms with E-state index in [4.69, 9.17) is 5.11 Å². The number of aliphatic hydroxyl groups is 1. The minimum absolute atomic E-state index is 0.165. The van der Waals surface area contributed by atoms with E-state index >= 15 is 0 Å². The Morgan fingerprint density at radius 3 is 2.29 bits per heavy atom. The highest BCUT2D eigenvalue weighted by molar-refractivity contribution is 5.74. The highest BCUT2D eigenvalue weighted by atomic mass is 19.3. The highest BCUT2D eigenvalue weighted by Crippen LogP contribution is 2.30. The lowest BCUT2D eigenvalue weighted by atomic mass is 10.0. The molecule has 0 amide bonds. The van der Waals surface area contributed by atoms with Crippen LogP contribution in [-0.2, 0) is 4.79 Å². The number of hydrogen-bond donors (Lipinski definition) is 1. The molecule has 0 aliphatic heterocycles. The van der Waals surface area contributed by atoms with Crippen molar-refractivity contribution in [3.8, 4) is 0 Å². The second-order valence-corrected chi connectivity index (χ2v) is 2.72. The van der Waals surface area contributed by atoms with Crippen molar-refractivity contribution in [2.75, 3.05) is 0 Å². The third-order valence-corrected chi connectivity index (χ3v) is 1.73. The van der Waals surface area contributed by atoms with E-state index in [9.17, 15) is 18.7 Å². The van der Waals surface area contributed by atoms with E-state index in [-0.39, 0.29) is 5.56 Å². The lowest BCUT2D eigenvalue weighted by Crippen LogP contribution is -2.45. The topological polar surface area (TPSA) is 60.4 Å². The molecule has 0 bridgehead atoms. The van der Waals surface area contributed by atoms with Crippen LogP contribution in [-0.4, -0.2) is 17.0 Å². The Morgan fingerprint density at radius 2 is 1.86 bits per heavy atom. The third kappa shape index (κ3) is 1.88. The molecule has 1 unspecified atom stereocenters. The molecule has 5 heteroatoms. The molecule has 0 radical (unpaired) electrons. The zero-order chi connectivity index (χ0) is 10.8. The van der Waals surface area contributed by atoms with Gasteiger partial charge in [0.05, 0.1) is 0 Å². The van der Waals surface area contributed by atoms with Gasteiger partial charge in [0, 0.05) is 0 Å². The Balaban J connectivity index is 2.96. The molecule has 1 aromatic carbocycles. The maximum Gasteiger partial charge on any atom is 0.316 e. The van der Waals surface area contributed by atoms with Crippen LogP contribution in [0.1, 0.15) is 11.7 Å². The molecule has 3 nitrogen and oxygen atoms in total. The maximum absolute atomic E-state index is 12.7. The van der Waals surface area contributed by atoms with Crippen molar-refractivity contribution in [2.24, 2.45) is 0 Å². The van der Waals surface area contributed by atoms with Gasteiger partial charge in [-0.3, -0.25) is 0 Å². The number of carbonyl (C=O) groups excluding carboxylic acids is 1. The van der Waals surface area contributed by atoms with Crippen LogP contribution in [0.15, 0.2) is 30.3 Å². The van der Waals surface area contributed by atoms with Crippen LogP contribution in [0.4, 0.5) is 8.78 Å². The zero-order valence-electron chi connectivity index (χ0n) is 6.98. The number of rotatable bonds is 3. The molecule has 14 heavy (non-hydrogen) atoms. The molecule has 0 aromatic heterocycles. The van der Waals surface area contributed by atoms with Crippen LogP contribution >= 0.6 is 0 Å². The molecule has 0 saturated carbocycles. The number of aliphatic hydroxyl groups excluding tert-OH is 1. The average Bonchev–Trinajstić information content (AvgIpc) is 2.17. The first kappa shape index (κ1) is 10.6. The molecule has 0 saturated heterocycles. The predicted molar refractivity (Wildman–Crippen MR) is 41.4 cm³/mol. The molecule has 1 aromatic rings. The SMILES string of the molecule is O=C([O-])C(F)(F)C(O)c1ccccc1. The summed E-state index contributed by atoms with van der Waals surface area (Å²) in [4.78, 5) is 10.0. The summed E-state index contributed by atoms with van der Waals surface area (Å²) in [6.07, 6.45) is -2.38. The summed E-state index contributed by atoms with van der Waals surface area (Å²) in [6.45, 7) is 0. The van der Waals surface area contributed by atoms with E-state index in [1.54, 1.807) is 6.07 Å². The van der Waals surface area contributed by atoms with Gasteiger partial charge in [0.1, 0.15) is 12.1 Å². The van der Waals surface area contributed by atoms with E-state index < -0.39 is 18.0 Å². The second kappa shape index (κ2) is 3.71. The number of alkyl halides is 2. The molecule has 0 fully saturated rings. The van der Waals surface area contributed by atoms with Gasteiger partial charge >= 0.3 is 5.92 Å². The Bertz CT molecular complexity index is 324. The third-order valence-electron chi connectivity index (χ3n) is 1.73. The van der Waals surface area contributed by atoms with Crippen molar-refractivity contribution in [1.29, 1.82) is 0 Å². The molecular formula is C9H7F2O3-. The number of hydrogen-bond acceptors (Lipinski definition) is 3. The standard InChI is InChI=1S/C9H8F2O3/c10-9(11,8(13)14)7(12)6-4-2-1-3-5-6/h1-5,7,12H,(H,13,14)/p-1. The molecule has 1 rings (SSSR count). The summed E-state index contributed by atoms with van der Waals surface area (Å²) >= 11 is 0. The van der Waals surface area contributed by atoms with E-state index in [1.165, 1.54) is 24.3 Å². The minimum atomic E-state index is -4.28. The van der Waals surface area contributed by atoms with Gasteiger partial charge in [0.2, 0.25) is 0 Å². The largest absolute Gasteiger partial charge is 0.544 e. The van der Waals surface area contributed by atoms with Gasteiger partial charge < -0.3 is 15.0 Å². The zero-order valence-corrected chi connectivity index (χ0v) is 6.98. The predicted octanol–water partition coefficient (Wildman–Crippen LogP) is 0.105. The summed E-state index contributed by atoms with van der Waals surface area (Å²) in [6, 6.07) is 6.82. The Morgan fingerprint density at radius 1 is 1.36 bits per heavy atom. The van der Waals surface area contributed by atoms with Gasteiger partial charge in [-0.1, -0.05) is 30.3 Å². The van der Waals surface area contributed by atoms with Crippen LogP contribution in [0.3, 0.4) is 0 Å². The fourth-order valence-electron chi connectivity index (χ4n) is 0.956. The van der Waals surface area contributed by atoms with Gasteiger partial charge in [-0.25, -0.2) is 0 Å². The van der Waals surface area contributed by atoms with Crippen LogP contribution in [0.5, 0.6) is 0 Å². The molecule has 0 heterocycles. The molecule has 0 aliphatic rings. The van der Waals surface area contributed by atoms with Crippen molar-refractivity contribution in [1.82, 2.24) is 0 Å². The van der Waals surface area contributed by atoms with Crippen LogP contribution in [0.2, 0.25) is 0 Å². The maximum atomic E-state index is 12.7. The fraction of sp³-hybridized carbons (Fsp3) is 0.222. The van der Waals surface area contributed by atoms with Gasteiger partial charge in [0.25, 0.3) is 0 Å². The molecule has 1 N–H and O–H groups in total. The minimum Gasteiger partial charge on any atom is -0.544 e. The summed E-state index contributed by atoms with van der Waals surface area (Å²) in [5, 5.41) is 19.1. The Kier molecular flexibility index (Phi) is 2.81. The highest BCUT2D eigenvalue weighted by Gasteiger charge is 2.41. The Labute approximate surface area is 78.6 Å². The summed E-state index contributed by atoms with van der Waals surface area (Å²) in [7, 11) is 0. The smallest absolute Gasteiger partial charge is 0.316 e.